The SMILES string of the molecule is CC(C)(C)c1c(F)cnc(Cl)c1OC(N)=O. The number of hydrogen-bond acceptors (Lipinski definition) is 3. The summed E-state index contributed by atoms with van der Waals surface area (Å²) in [5.74, 6) is -0.713. The van der Waals surface area contributed by atoms with E-state index in [4.69, 9.17) is 17.3 Å². The van der Waals surface area contributed by atoms with Crippen molar-refractivity contribution in [3.8, 4) is 5.75 Å². The predicted molar refractivity (Wildman–Crippen MR) is 58.1 cm³/mol. The molecule has 0 atom stereocenters. The summed E-state index contributed by atoms with van der Waals surface area (Å²) in [5.41, 5.74) is 4.48. The second-order valence-corrected chi connectivity index (χ2v) is 4.63. The first-order valence-electron chi connectivity index (χ1n) is 4.55. The molecule has 0 saturated heterocycles. The number of nitrogens with two attached hydrogens (primary N) is 1. The minimum atomic E-state index is -1.06. The molecule has 2 N–H and O–H groups in total. The van der Waals surface area contributed by atoms with Crippen LogP contribution in [0.1, 0.15) is 26.3 Å². The van der Waals surface area contributed by atoms with Gasteiger partial charge in [-0.2, -0.15) is 0 Å². The van der Waals surface area contributed by atoms with Crippen LogP contribution in [0.5, 0.6) is 5.75 Å². The normalized spacial score (nSPS) is 11.3. The van der Waals surface area contributed by atoms with E-state index in [1.807, 2.05) is 0 Å². The average Bonchev–Trinajstić information content (AvgIpc) is 2.08. The van der Waals surface area contributed by atoms with Crippen molar-refractivity contribution in [1.82, 2.24) is 4.98 Å². The molecule has 4 nitrogen and oxygen atoms in total. The molecule has 0 aromatic carbocycles. The molecule has 1 aromatic rings. The zero-order valence-corrected chi connectivity index (χ0v) is 9.93. The Kier molecular flexibility index (Phi) is 3.38. The molecular formula is C10H12ClFN2O2. The van der Waals surface area contributed by atoms with Crippen molar-refractivity contribution in [2.45, 2.75) is 26.2 Å². The third-order valence-corrected chi connectivity index (χ3v) is 2.17. The topological polar surface area (TPSA) is 65.2 Å². The van der Waals surface area contributed by atoms with Crippen LogP contribution in [-0.2, 0) is 5.41 Å². The standard InChI is InChI=1S/C10H12ClFN2O2/c1-10(2,3)6-5(12)4-14-8(11)7(6)16-9(13)15/h4H,1-3H3,(H2,13,15). The minimum absolute atomic E-state index is 0.0925. The number of halogens is 2. The van der Waals surface area contributed by atoms with Gasteiger partial charge in [-0.15, -0.1) is 0 Å². The Morgan fingerprint density at radius 1 is 1.56 bits per heavy atom. The molecule has 0 bridgehead atoms. The lowest BCUT2D eigenvalue weighted by Crippen LogP contribution is -2.22. The number of ether oxygens (including phenoxy) is 1. The predicted octanol–water partition coefficient (Wildman–Crippen LogP) is 2.63. The largest absolute Gasteiger partial charge is 0.410 e. The number of pyridine rings is 1. The van der Waals surface area contributed by atoms with Crippen LogP contribution in [0.3, 0.4) is 0 Å². The molecule has 88 valence electrons. The first kappa shape index (κ1) is 12.7. The number of amides is 1. The summed E-state index contributed by atoms with van der Waals surface area (Å²) >= 11 is 5.74. The Balaban J connectivity index is 3.43. The second kappa shape index (κ2) is 4.25. The number of aromatic nitrogens is 1. The maximum Gasteiger partial charge on any atom is 0.410 e. The molecule has 0 radical (unpaired) electrons. The Bertz CT molecular complexity index is 430. The highest BCUT2D eigenvalue weighted by molar-refractivity contribution is 6.31. The molecule has 1 rings (SSSR count). The van der Waals surface area contributed by atoms with Gasteiger partial charge in [0, 0.05) is 5.56 Å². The summed E-state index contributed by atoms with van der Waals surface area (Å²) in [6.07, 6.45) is -0.0728. The molecule has 0 fully saturated rings. The number of carbonyl (C=O) groups is 1. The van der Waals surface area contributed by atoms with Gasteiger partial charge in [0.05, 0.1) is 6.20 Å². The summed E-state index contributed by atoms with van der Waals surface area (Å²) in [4.78, 5) is 14.3. The summed E-state index contributed by atoms with van der Waals surface area (Å²) in [5, 5.41) is -0.0925. The van der Waals surface area contributed by atoms with Gasteiger partial charge in [0.25, 0.3) is 0 Å². The molecule has 6 heteroatoms. The summed E-state index contributed by atoms with van der Waals surface area (Å²) in [7, 11) is 0. The molecule has 0 unspecified atom stereocenters. The van der Waals surface area contributed by atoms with Gasteiger partial charge in [-0.3, -0.25) is 0 Å². The van der Waals surface area contributed by atoms with Crippen molar-refractivity contribution in [3.63, 3.8) is 0 Å². The number of primary amides is 1. The Morgan fingerprint density at radius 2 is 2.12 bits per heavy atom. The van der Waals surface area contributed by atoms with E-state index in [0.717, 1.165) is 6.20 Å². The highest BCUT2D eigenvalue weighted by atomic mass is 35.5. The van der Waals surface area contributed by atoms with Gasteiger partial charge in [0.2, 0.25) is 0 Å². The zero-order chi connectivity index (χ0) is 12.5. The van der Waals surface area contributed by atoms with Gasteiger partial charge in [-0.25, -0.2) is 14.2 Å². The molecule has 0 aliphatic carbocycles. The fourth-order valence-corrected chi connectivity index (χ4v) is 1.52. The molecule has 0 spiro atoms. The van der Waals surface area contributed by atoms with E-state index < -0.39 is 17.3 Å². The average molecular weight is 247 g/mol. The van der Waals surface area contributed by atoms with Gasteiger partial charge >= 0.3 is 6.09 Å². The molecule has 16 heavy (non-hydrogen) atoms. The van der Waals surface area contributed by atoms with Crippen molar-refractivity contribution in [1.29, 1.82) is 0 Å². The molecule has 1 aromatic heterocycles. The maximum atomic E-state index is 13.6. The van der Waals surface area contributed by atoms with Crippen LogP contribution in [0.15, 0.2) is 6.20 Å². The molecule has 0 aliphatic rings. The van der Waals surface area contributed by atoms with Crippen LogP contribution in [0.4, 0.5) is 9.18 Å². The van der Waals surface area contributed by atoms with E-state index in [2.05, 4.69) is 9.72 Å². The highest BCUT2D eigenvalue weighted by Crippen LogP contribution is 2.37. The smallest absolute Gasteiger partial charge is 0.407 e. The van der Waals surface area contributed by atoms with Crippen molar-refractivity contribution < 1.29 is 13.9 Å². The van der Waals surface area contributed by atoms with Crippen LogP contribution >= 0.6 is 11.6 Å². The van der Waals surface area contributed by atoms with Crippen molar-refractivity contribution in [2.24, 2.45) is 5.73 Å². The van der Waals surface area contributed by atoms with E-state index >= 15 is 0 Å². The van der Waals surface area contributed by atoms with Crippen LogP contribution in [0, 0.1) is 5.82 Å². The van der Waals surface area contributed by atoms with Gasteiger partial charge in [0.1, 0.15) is 5.82 Å². The van der Waals surface area contributed by atoms with Gasteiger partial charge in [0.15, 0.2) is 10.9 Å². The number of rotatable bonds is 1. The summed E-state index contributed by atoms with van der Waals surface area (Å²) in [6.45, 7) is 5.28. The van der Waals surface area contributed by atoms with Crippen LogP contribution in [-0.4, -0.2) is 11.1 Å². The van der Waals surface area contributed by atoms with Gasteiger partial charge in [-0.1, -0.05) is 32.4 Å². The van der Waals surface area contributed by atoms with Crippen LogP contribution < -0.4 is 10.5 Å². The third-order valence-electron chi connectivity index (χ3n) is 1.90. The van der Waals surface area contributed by atoms with Crippen LogP contribution in [0.25, 0.3) is 0 Å². The number of hydrogen-bond donors (Lipinski definition) is 1. The quantitative estimate of drug-likeness (QED) is 0.775. The Labute approximate surface area is 97.6 Å². The molecule has 0 aliphatic heterocycles. The number of nitrogens with zero attached hydrogens (tertiary/aromatic N) is 1. The molecule has 0 saturated carbocycles. The minimum Gasteiger partial charge on any atom is -0.407 e. The maximum absolute atomic E-state index is 13.6. The number of carbonyl (C=O) groups excluding carboxylic acids is 1. The summed E-state index contributed by atoms with van der Waals surface area (Å²) < 4.78 is 18.3. The zero-order valence-electron chi connectivity index (χ0n) is 9.17. The first-order chi connectivity index (χ1) is 7.23. The highest BCUT2D eigenvalue weighted by Gasteiger charge is 2.27. The lowest BCUT2D eigenvalue weighted by Gasteiger charge is -2.22. The van der Waals surface area contributed by atoms with Crippen molar-refractivity contribution in [3.05, 3.63) is 22.7 Å². The van der Waals surface area contributed by atoms with E-state index in [1.54, 1.807) is 20.8 Å². The van der Waals surface area contributed by atoms with Crippen LogP contribution in [0.2, 0.25) is 5.15 Å². The van der Waals surface area contributed by atoms with Gasteiger partial charge in [-0.05, 0) is 5.41 Å². The van der Waals surface area contributed by atoms with Crippen molar-refractivity contribution in [2.75, 3.05) is 0 Å². The fraction of sp³-hybridized carbons (Fsp3) is 0.400. The van der Waals surface area contributed by atoms with E-state index in [1.165, 1.54) is 0 Å². The Hall–Kier alpha value is -1.36. The van der Waals surface area contributed by atoms with E-state index in [-0.39, 0.29) is 16.5 Å². The Morgan fingerprint density at radius 3 is 2.56 bits per heavy atom. The summed E-state index contributed by atoms with van der Waals surface area (Å²) in [6, 6.07) is 0. The second-order valence-electron chi connectivity index (χ2n) is 4.27. The lowest BCUT2D eigenvalue weighted by atomic mass is 9.86. The molecule has 1 heterocycles. The van der Waals surface area contributed by atoms with E-state index in [9.17, 15) is 9.18 Å². The van der Waals surface area contributed by atoms with Crippen molar-refractivity contribution >= 4 is 17.7 Å². The first-order valence-corrected chi connectivity index (χ1v) is 4.93. The molecule has 1 amide bonds. The van der Waals surface area contributed by atoms with Gasteiger partial charge < -0.3 is 10.5 Å². The van der Waals surface area contributed by atoms with E-state index in [0.29, 0.717) is 0 Å². The fourth-order valence-electron chi connectivity index (χ4n) is 1.34. The lowest BCUT2D eigenvalue weighted by molar-refractivity contribution is 0.209. The third kappa shape index (κ3) is 2.61. The monoisotopic (exact) mass is 246 g/mol. The molecular weight excluding hydrogens is 235 g/mol.